The number of hydrogen-bond acceptors (Lipinski definition) is 3. The Morgan fingerprint density at radius 1 is 0.769 bits per heavy atom. The Hall–Kier alpha value is -2.98. The minimum absolute atomic E-state index is 0.739. The van der Waals surface area contributed by atoms with Crippen LogP contribution in [0.15, 0.2) is 96.4 Å². The molecule has 0 unspecified atom stereocenters. The van der Waals surface area contributed by atoms with Crippen molar-refractivity contribution >= 4 is 29.8 Å². The van der Waals surface area contributed by atoms with Crippen molar-refractivity contribution in [3.05, 3.63) is 96.4 Å². The first-order valence-corrected chi connectivity index (χ1v) is 8.71. The summed E-state index contributed by atoms with van der Waals surface area (Å²) in [6.45, 7) is 0. The fraction of sp³-hybridized carbons (Fsp3) is 0.0909. The van der Waals surface area contributed by atoms with Gasteiger partial charge in [0, 0.05) is 23.5 Å². The minimum atomic E-state index is 0.739. The third-order valence-corrected chi connectivity index (χ3v) is 4.59. The molecule has 4 heteroatoms. The lowest BCUT2D eigenvalue weighted by Gasteiger charge is -2.30. The number of benzene rings is 3. The van der Waals surface area contributed by atoms with Crippen LogP contribution in [0.3, 0.4) is 0 Å². The zero-order chi connectivity index (χ0) is 17.8. The highest BCUT2D eigenvalue weighted by atomic mass is 16.5. The fourth-order valence-corrected chi connectivity index (χ4v) is 3.33. The molecule has 0 fully saturated rings. The smallest absolute Gasteiger partial charge is 0.541 e. The van der Waals surface area contributed by atoms with Crippen molar-refractivity contribution in [3.8, 4) is 0 Å². The van der Waals surface area contributed by atoms with Gasteiger partial charge < -0.3 is 14.6 Å². The molecule has 1 aliphatic rings. The molecule has 4 rings (SSSR count). The molecule has 127 valence electrons. The van der Waals surface area contributed by atoms with Gasteiger partial charge in [0.15, 0.2) is 0 Å². The Kier molecular flexibility index (Phi) is 4.76. The monoisotopic (exact) mass is 340 g/mol. The van der Waals surface area contributed by atoms with E-state index in [-0.39, 0.29) is 0 Å². The number of rotatable bonds is 5. The van der Waals surface area contributed by atoms with Crippen molar-refractivity contribution < 1.29 is 9.68 Å². The van der Waals surface area contributed by atoms with Gasteiger partial charge in [-0.2, -0.15) is 0 Å². The Morgan fingerprint density at radius 3 is 2.27 bits per heavy atom. The van der Waals surface area contributed by atoms with E-state index in [0.717, 1.165) is 37.7 Å². The first kappa shape index (κ1) is 16.5. The summed E-state index contributed by atoms with van der Waals surface area (Å²) in [6, 6.07) is 25.3. The van der Waals surface area contributed by atoms with Gasteiger partial charge in [-0.05, 0) is 53.6 Å². The topological polar surface area (TPSA) is 32.7 Å². The average Bonchev–Trinajstić information content (AvgIpc) is 2.70. The Bertz CT molecular complexity index is 966. The van der Waals surface area contributed by atoms with Gasteiger partial charge in [0.2, 0.25) is 0 Å². The molecule has 0 spiro atoms. The molecular weight excluding hydrogens is 321 g/mol. The van der Waals surface area contributed by atoms with Crippen molar-refractivity contribution in [2.24, 2.45) is 0 Å². The zero-order valence-electron chi connectivity index (χ0n) is 14.4. The van der Waals surface area contributed by atoms with Gasteiger partial charge in [0.05, 0.1) is 5.76 Å². The van der Waals surface area contributed by atoms with Crippen LogP contribution in [0.2, 0.25) is 0 Å². The molecule has 0 amide bonds. The van der Waals surface area contributed by atoms with Crippen LogP contribution in [-0.4, -0.2) is 12.7 Å². The highest BCUT2D eigenvalue weighted by molar-refractivity contribution is 6.16. The van der Waals surface area contributed by atoms with Crippen LogP contribution in [-0.2, 0) is 4.65 Å². The van der Waals surface area contributed by atoms with E-state index in [1.807, 2.05) is 12.1 Å². The number of hydrogen-bond donors (Lipinski definition) is 1. The predicted octanol–water partition coefficient (Wildman–Crippen LogP) is 5.08. The highest BCUT2D eigenvalue weighted by Crippen LogP contribution is 2.35. The Morgan fingerprint density at radius 2 is 1.54 bits per heavy atom. The molecule has 0 atom stereocenters. The number of allylic oxidation sites excluding steroid dienone is 4. The van der Waals surface area contributed by atoms with E-state index in [0.29, 0.717) is 0 Å². The summed E-state index contributed by atoms with van der Waals surface area (Å²) in [5, 5.41) is 11.3. The van der Waals surface area contributed by atoms with Gasteiger partial charge in [-0.25, -0.2) is 0 Å². The van der Waals surface area contributed by atoms with Gasteiger partial charge in [-0.15, -0.1) is 0 Å². The van der Waals surface area contributed by atoms with E-state index < -0.39 is 0 Å². The lowest BCUT2D eigenvalue weighted by molar-refractivity contribution is 0.353. The lowest BCUT2D eigenvalue weighted by atomic mass is 10.0. The SMILES string of the molecule is O[B]OC1=CC=C(N(c2ccccc2)c2ccc3ccccc3c2)CC1. The van der Waals surface area contributed by atoms with E-state index in [1.165, 1.54) is 16.5 Å². The number of anilines is 2. The first-order valence-electron chi connectivity index (χ1n) is 8.71. The summed E-state index contributed by atoms with van der Waals surface area (Å²) in [5.41, 5.74) is 3.45. The van der Waals surface area contributed by atoms with E-state index in [9.17, 15) is 0 Å². The number of para-hydroxylation sites is 1. The van der Waals surface area contributed by atoms with Crippen LogP contribution in [0, 0.1) is 0 Å². The summed E-state index contributed by atoms with van der Waals surface area (Å²) in [4.78, 5) is 2.28. The minimum Gasteiger partial charge on any atom is -0.541 e. The molecule has 0 aromatic heterocycles. The predicted molar refractivity (Wildman–Crippen MR) is 107 cm³/mol. The largest absolute Gasteiger partial charge is 0.569 e. The first-order chi connectivity index (χ1) is 12.8. The quantitative estimate of drug-likeness (QED) is 0.657. The van der Waals surface area contributed by atoms with Gasteiger partial charge in [0.25, 0.3) is 0 Å². The third-order valence-electron chi connectivity index (χ3n) is 4.59. The Balaban J connectivity index is 1.78. The summed E-state index contributed by atoms with van der Waals surface area (Å²) >= 11 is 0. The molecule has 1 radical (unpaired) electrons. The molecule has 0 aliphatic heterocycles. The Labute approximate surface area is 154 Å². The number of nitrogens with zero attached hydrogens (tertiary/aromatic N) is 1. The molecule has 0 heterocycles. The van der Waals surface area contributed by atoms with Gasteiger partial charge >= 0.3 is 7.69 Å². The molecule has 1 aliphatic carbocycles. The molecule has 0 saturated heterocycles. The maximum Gasteiger partial charge on any atom is 0.569 e. The van der Waals surface area contributed by atoms with Crippen molar-refractivity contribution in [2.75, 3.05) is 4.90 Å². The fourth-order valence-electron chi connectivity index (χ4n) is 3.33. The molecule has 3 aromatic rings. The second kappa shape index (κ2) is 7.50. The van der Waals surface area contributed by atoms with Gasteiger partial charge in [0.1, 0.15) is 0 Å². The van der Waals surface area contributed by atoms with Crippen LogP contribution in [0.1, 0.15) is 12.8 Å². The maximum absolute atomic E-state index is 8.83. The van der Waals surface area contributed by atoms with Crippen molar-refractivity contribution in [1.29, 1.82) is 0 Å². The number of fused-ring (bicyclic) bond motifs is 1. The zero-order valence-corrected chi connectivity index (χ0v) is 14.4. The third kappa shape index (κ3) is 3.37. The van der Waals surface area contributed by atoms with E-state index in [2.05, 4.69) is 77.7 Å². The molecule has 0 saturated carbocycles. The van der Waals surface area contributed by atoms with Crippen LogP contribution < -0.4 is 4.90 Å². The second-order valence-electron chi connectivity index (χ2n) is 6.22. The standard InChI is InChI=1S/C22H19BNO2/c25-23-26-22-14-12-20(13-15-22)24(19-8-2-1-3-9-19)21-11-10-17-6-4-5-7-18(17)16-21/h1-12,14,16,25H,13,15H2. The second-order valence-corrected chi connectivity index (χ2v) is 6.22. The van der Waals surface area contributed by atoms with Crippen molar-refractivity contribution in [3.63, 3.8) is 0 Å². The molecule has 3 nitrogen and oxygen atoms in total. The summed E-state index contributed by atoms with van der Waals surface area (Å²) in [6.07, 6.45) is 5.56. The van der Waals surface area contributed by atoms with E-state index >= 15 is 0 Å². The molecule has 3 aromatic carbocycles. The molecule has 1 N–H and O–H groups in total. The highest BCUT2D eigenvalue weighted by Gasteiger charge is 2.18. The van der Waals surface area contributed by atoms with Crippen LogP contribution in [0.4, 0.5) is 11.4 Å². The summed E-state index contributed by atoms with van der Waals surface area (Å²) in [5.74, 6) is 0.766. The maximum atomic E-state index is 8.83. The van der Waals surface area contributed by atoms with Crippen molar-refractivity contribution in [2.45, 2.75) is 12.8 Å². The van der Waals surface area contributed by atoms with Crippen molar-refractivity contribution in [1.82, 2.24) is 0 Å². The lowest BCUT2D eigenvalue weighted by Crippen LogP contribution is -2.18. The van der Waals surface area contributed by atoms with Crippen LogP contribution >= 0.6 is 0 Å². The normalized spacial score (nSPS) is 13.7. The summed E-state index contributed by atoms with van der Waals surface area (Å²) in [7, 11) is 0.739. The van der Waals surface area contributed by atoms with Gasteiger partial charge in [-0.1, -0.05) is 48.5 Å². The molecule has 26 heavy (non-hydrogen) atoms. The van der Waals surface area contributed by atoms with E-state index in [1.54, 1.807) is 0 Å². The molecule has 0 bridgehead atoms. The molecular formula is C22H19BNO2. The average molecular weight is 340 g/mol. The summed E-state index contributed by atoms with van der Waals surface area (Å²) < 4.78 is 5.11. The van der Waals surface area contributed by atoms with Crippen LogP contribution in [0.25, 0.3) is 10.8 Å². The van der Waals surface area contributed by atoms with Gasteiger partial charge in [-0.3, -0.25) is 0 Å². The van der Waals surface area contributed by atoms with Crippen LogP contribution in [0.5, 0.6) is 0 Å². The van der Waals surface area contributed by atoms with E-state index in [4.69, 9.17) is 9.68 Å².